The first-order valence-corrected chi connectivity index (χ1v) is 10.6. The van der Waals surface area contributed by atoms with Crippen LogP contribution in [0.3, 0.4) is 0 Å². The van der Waals surface area contributed by atoms with Crippen LogP contribution in [0.25, 0.3) is 10.6 Å². The van der Waals surface area contributed by atoms with Gasteiger partial charge in [-0.05, 0) is 48.7 Å². The van der Waals surface area contributed by atoms with Gasteiger partial charge in [0.05, 0.1) is 11.1 Å². The first-order valence-electron chi connectivity index (χ1n) is 9.73. The summed E-state index contributed by atoms with van der Waals surface area (Å²) in [5.74, 6) is -1.09. The maximum atomic E-state index is 13.1. The van der Waals surface area contributed by atoms with Crippen LogP contribution in [-0.2, 0) is 4.79 Å². The first-order chi connectivity index (χ1) is 14.5. The van der Waals surface area contributed by atoms with Gasteiger partial charge >= 0.3 is 0 Å². The van der Waals surface area contributed by atoms with Gasteiger partial charge in [0.2, 0.25) is 5.91 Å². The van der Waals surface area contributed by atoms with Crippen molar-refractivity contribution in [3.8, 4) is 10.6 Å². The second kappa shape index (κ2) is 8.20. The highest BCUT2D eigenvalue weighted by atomic mass is 32.1. The molecule has 2 heterocycles. The van der Waals surface area contributed by atoms with Gasteiger partial charge in [-0.1, -0.05) is 26.0 Å². The summed E-state index contributed by atoms with van der Waals surface area (Å²) in [4.78, 5) is 44.3. The van der Waals surface area contributed by atoms with Crippen LogP contribution < -0.4 is 5.32 Å². The Labute approximate surface area is 178 Å². The van der Waals surface area contributed by atoms with Crippen LogP contribution in [0.4, 0.5) is 5.69 Å². The predicted molar refractivity (Wildman–Crippen MR) is 116 cm³/mol. The molecule has 152 valence electrons. The Morgan fingerprint density at radius 2 is 1.67 bits per heavy atom. The van der Waals surface area contributed by atoms with Gasteiger partial charge in [-0.25, -0.2) is 4.98 Å². The third-order valence-corrected chi connectivity index (χ3v) is 5.79. The van der Waals surface area contributed by atoms with Gasteiger partial charge < -0.3 is 5.32 Å². The molecule has 1 unspecified atom stereocenters. The number of carbonyl (C=O) groups is 3. The largest absolute Gasteiger partial charge is 0.324 e. The minimum absolute atomic E-state index is 0.123. The summed E-state index contributed by atoms with van der Waals surface area (Å²) >= 11 is 1.54. The fourth-order valence-corrected chi connectivity index (χ4v) is 4.20. The average molecular weight is 420 g/mol. The first kappa shape index (κ1) is 20.0. The summed E-state index contributed by atoms with van der Waals surface area (Å²) in [6.07, 6.45) is 2.13. The summed E-state index contributed by atoms with van der Waals surface area (Å²) in [6, 6.07) is 13.2. The molecule has 0 aliphatic carbocycles. The van der Waals surface area contributed by atoms with E-state index in [9.17, 15) is 14.4 Å². The van der Waals surface area contributed by atoms with E-state index in [2.05, 4.69) is 10.3 Å². The molecular formula is C23H21N3O3S. The zero-order valence-corrected chi connectivity index (χ0v) is 17.5. The van der Waals surface area contributed by atoms with Crippen LogP contribution in [-0.4, -0.2) is 33.6 Å². The van der Waals surface area contributed by atoms with Gasteiger partial charge in [0.1, 0.15) is 11.0 Å². The summed E-state index contributed by atoms with van der Waals surface area (Å²) in [7, 11) is 0. The molecule has 2 aromatic carbocycles. The number of nitrogens with one attached hydrogen (secondary N) is 1. The quantitative estimate of drug-likeness (QED) is 0.598. The van der Waals surface area contributed by atoms with Gasteiger partial charge in [-0.2, -0.15) is 0 Å². The van der Waals surface area contributed by atoms with Crippen LogP contribution in [0.5, 0.6) is 0 Å². The maximum Gasteiger partial charge on any atom is 0.262 e. The maximum absolute atomic E-state index is 13.1. The summed E-state index contributed by atoms with van der Waals surface area (Å²) in [5, 5.41) is 5.67. The molecule has 7 heteroatoms. The Balaban J connectivity index is 1.56. The van der Waals surface area contributed by atoms with Crippen molar-refractivity contribution in [2.45, 2.75) is 26.3 Å². The molecule has 3 amide bonds. The minimum atomic E-state index is -0.879. The number of hydrogen-bond acceptors (Lipinski definition) is 5. The lowest BCUT2D eigenvalue weighted by Crippen LogP contribution is -2.47. The molecule has 0 bridgehead atoms. The van der Waals surface area contributed by atoms with E-state index >= 15 is 0 Å². The van der Waals surface area contributed by atoms with Crippen molar-refractivity contribution in [1.82, 2.24) is 9.88 Å². The van der Waals surface area contributed by atoms with Crippen LogP contribution in [0, 0.1) is 5.92 Å². The Morgan fingerprint density at radius 1 is 1.03 bits per heavy atom. The number of benzene rings is 2. The van der Waals surface area contributed by atoms with Gasteiger partial charge in [0.25, 0.3) is 11.8 Å². The van der Waals surface area contributed by atoms with Crippen molar-refractivity contribution >= 4 is 34.7 Å². The van der Waals surface area contributed by atoms with Crippen molar-refractivity contribution in [3.05, 3.63) is 71.2 Å². The Kier molecular flexibility index (Phi) is 5.46. The Morgan fingerprint density at radius 3 is 2.20 bits per heavy atom. The molecule has 1 aromatic heterocycles. The van der Waals surface area contributed by atoms with E-state index in [1.54, 1.807) is 42.6 Å². The predicted octanol–water partition coefficient (Wildman–Crippen LogP) is 4.46. The number of rotatable bonds is 6. The molecule has 0 radical (unpaired) electrons. The van der Waals surface area contributed by atoms with Crippen molar-refractivity contribution in [3.63, 3.8) is 0 Å². The van der Waals surface area contributed by atoms with E-state index in [1.165, 1.54) is 11.3 Å². The normalized spacial score (nSPS) is 14.2. The number of fused-ring (bicyclic) bond motifs is 1. The minimum Gasteiger partial charge on any atom is -0.324 e. The highest BCUT2D eigenvalue weighted by Crippen LogP contribution is 2.28. The molecule has 1 atom stereocenters. The third-order valence-electron chi connectivity index (χ3n) is 4.97. The number of thiazole rings is 1. The van der Waals surface area contributed by atoms with E-state index < -0.39 is 17.9 Å². The molecule has 1 aliphatic rings. The molecule has 0 saturated heterocycles. The molecular weight excluding hydrogens is 398 g/mol. The zero-order chi connectivity index (χ0) is 21.3. The van der Waals surface area contributed by atoms with E-state index in [-0.39, 0.29) is 11.8 Å². The van der Waals surface area contributed by atoms with Crippen LogP contribution in [0.15, 0.2) is 60.1 Å². The molecule has 0 spiro atoms. The molecule has 6 nitrogen and oxygen atoms in total. The number of hydrogen-bond donors (Lipinski definition) is 1. The summed E-state index contributed by atoms with van der Waals surface area (Å²) in [6.45, 7) is 3.92. The second-order valence-electron chi connectivity index (χ2n) is 7.58. The van der Waals surface area contributed by atoms with Crippen LogP contribution in [0.2, 0.25) is 0 Å². The number of anilines is 1. The SMILES string of the molecule is CC(C)CC(C(=O)Nc1ccc(-c2nccs2)cc1)N1C(=O)c2ccccc2C1=O. The fraction of sp³-hybridized carbons (Fsp3) is 0.217. The van der Waals surface area contributed by atoms with Gasteiger partial charge in [-0.3, -0.25) is 19.3 Å². The number of nitrogens with zero attached hydrogens (tertiary/aromatic N) is 2. The van der Waals surface area contributed by atoms with Crippen molar-refractivity contribution in [1.29, 1.82) is 0 Å². The number of amides is 3. The lowest BCUT2D eigenvalue weighted by Gasteiger charge is -2.26. The summed E-state index contributed by atoms with van der Waals surface area (Å²) in [5.41, 5.74) is 2.25. The number of carbonyl (C=O) groups excluding carboxylic acids is 3. The van der Waals surface area contributed by atoms with Gasteiger partial charge in [0, 0.05) is 22.8 Å². The van der Waals surface area contributed by atoms with Gasteiger partial charge in [-0.15, -0.1) is 11.3 Å². The van der Waals surface area contributed by atoms with Crippen molar-refractivity contribution in [2.75, 3.05) is 5.32 Å². The number of imide groups is 1. The van der Waals surface area contributed by atoms with Crippen molar-refractivity contribution < 1.29 is 14.4 Å². The fourth-order valence-electron chi connectivity index (χ4n) is 3.55. The Bertz CT molecular complexity index is 1060. The molecule has 1 aliphatic heterocycles. The molecule has 3 aromatic rings. The molecule has 0 saturated carbocycles. The molecule has 4 rings (SSSR count). The second-order valence-corrected chi connectivity index (χ2v) is 8.47. The monoisotopic (exact) mass is 419 g/mol. The average Bonchev–Trinajstić information content (AvgIpc) is 3.35. The van der Waals surface area contributed by atoms with E-state index in [1.807, 2.05) is 31.4 Å². The molecule has 1 N–H and O–H groups in total. The molecule has 0 fully saturated rings. The van der Waals surface area contributed by atoms with Crippen molar-refractivity contribution in [2.24, 2.45) is 5.92 Å². The lowest BCUT2D eigenvalue weighted by atomic mass is 10.0. The van der Waals surface area contributed by atoms with E-state index in [4.69, 9.17) is 0 Å². The van der Waals surface area contributed by atoms with E-state index in [0.29, 0.717) is 23.2 Å². The van der Waals surface area contributed by atoms with Gasteiger partial charge in [0.15, 0.2) is 0 Å². The van der Waals surface area contributed by atoms with Crippen LogP contribution >= 0.6 is 11.3 Å². The third kappa shape index (κ3) is 3.76. The highest BCUT2D eigenvalue weighted by molar-refractivity contribution is 7.13. The zero-order valence-electron chi connectivity index (χ0n) is 16.7. The molecule has 30 heavy (non-hydrogen) atoms. The topological polar surface area (TPSA) is 79.4 Å². The highest BCUT2D eigenvalue weighted by Gasteiger charge is 2.42. The Hall–Kier alpha value is -3.32. The lowest BCUT2D eigenvalue weighted by molar-refractivity contribution is -0.120. The standard InChI is InChI=1S/C23H21N3O3S/c1-14(2)13-19(26-22(28)17-5-3-4-6-18(17)23(26)29)20(27)25-16-9-7-15(8-10-16)21-24-11-12-30-21/h3-12,14,19H,13H2,1-2H3,(H,25,27). The smallest absolute Gasteiger partial charge is 0.262 e. The number of aromatic nitrogens is 1. The van der Waals surface area contributed by atoms with Crippen LogP contribution in [0.1, 0.15) is 41.0 Å². The summed E-state index contributed by atoms with van der Waals surface area (Å²) < 4.78 is 0. The van der Waals surface area contributed by atoms with E-state index in [0.717, 1.165) is 15.5 Å².